The molecule has 0 aliphatic heterocycles. The molecule has 1 aromatic heterocycles. The summed E-state index contributed by atoms with van der Waals surface area (Å²) in [6, 6.07) is 7.53. The molecule has 0 aliphatic carbocycles. The molecule has 0 spiro atoms. The fourth-order valence-corrected chi connectivity index (χ4v) is 2.84. The van der Waals surface area contributed by atoms with Gasteiger partial charge < -0.3 is 10.1 Å². The highest BCUT2D eigenvalue weighted by Gasteiger charge is 2.25. The summed E-state index contributed by atoms with van der Waals surface area (Å²) in [7, 11) is 5.04. The van der Waals surface area contributed by atoms with Crippen LogP contribution in [0.5, 0.6) is 5.88 Å². The molecule has 1 aromatic carbocycles. The highest BCUT2D eigenvalue weighted by molar-refractivity contribution is 5.83. The van der Waals surface area contributed by atoms with Crippen molar-refractivity contribution < 1.29 is 13.9 Å². The van der Waals surface area contributed by atoms with Crippen LogP contribution in [0.1, 0.15) is 28.4 Å². The van der Waals surface area contributed by atoms with Crippen molar-refractivity contribution in [3.8, 4) is 5.88 Å². The number of nitrogens with zero attached hydrogens (tertiary/aromatic N) is 2. The van der Waals surface area contributed by atoms with Crippen LogP contribution in [0.4, 0.5) is 4.39 Å². The van der Waals surface area contributed by atoms with E-state index in [-0.39, 0.29) is 12.5 Å². The van der Waals surface area contributed by atoms with Crippen LogP contribution in [0.15, 0.2) is 30.3 Å². The average molecular weight is 345 g/mol. The van der Waals surface area contributed by atoms with Crippen molar-refractivity contribution in [2.75, 3.05) is 21.2 Å². The van der Waals surface area contributed by atoms with E-state index in [2.05, 4.69) is 10.3 Å². The fraction of sp³-hybridized carbons (Fsp3) is 0.368. The van der Waals surface area contributed by atoms with Crippen LogP contribution in [-0.2, 0) is 11.3 Å². The first-order valence-corrected chi connectivity index (χ1v) is 8.04. The van der Waals surface area contributed by atoms with E-state index in [1.165, 1.54) is 6.07 Å². The van der Waals surface area contributed by atoms with Crippen LogP contribution in [0.2, 0.25) is 0 Å². The predicted molar refractivity (Wildman–Crippen MR) is 94.9 cm³/mol. The van der Waals surface area contributed by atoms with E-state index in [9.17, 15) is 9.18 Å². The standard InChI is InChI=1S/C19H24FN3O2/c1-12-10-13(2)22-19(25-5)15(12)11-21-18(24)17(23(3)4)14-8-6-7-9-16(14)20/h6-10,17H,11H2,1-5H3,(H,21,24)/t17-/m1/s1. The highest BCUT2D eigenvalue weighted by atomic mass is 19.1. The Morgan fingerprint density at radius 2 is 2.00 bits per heavy atom. The quantitative estimate of drug-likeness (QED) is 0.875. The number of nitrogens with one attached hydrogen (secondary N) is 1. The van der Waals surface area contributed by atoms with E-state index >= 15 is 0 Å². The maximum absolute atomic E-state index is 14.1. The summed E-state index contributed by atoms with van der Waals surface area (Å²) in [5.41, 5.74) is 2.99. The molecule has 5 nitrogen and oxygen atoms in total. The molecule has 0 bridgehead atoms. The lowest BCUT2D eigenvalue weighted by molar-refractivity contribution is -0.126. The van der Waals surface area contributed by atoms with Crippen molar-refractivity contribution in [3.05, 3.63) is 58.5 Å². The number of rotatable bonds is 6. The Morgan fingerprint density at radius 3 is 2.60 bits per heavy atom. The van der Waals surface area contributed by atoms with Crippen molar-refractivity contribution in [2.24, 2.45) is 0 Å². The van der Waals surface area contributed by atoms with E-state index in [4.69, 9.17) is 4.74 Å². The second-order valence-electron chi connectivity index (χ2n) is 6.17. The summed E-state index contributed by atoms with van der Waals surface area (Å²) in [4.78, 5) is 18.7. The third-order valence-corrected chi connectivity index (χ3v) is 4.03. The van der Waals surface area contributed by atoms with Crippen molar-refractivity contribution in [3.63, 3.8) is 0 Å². The van der Waals surface area contributed by atoms with Crippen molar-refractivity contribution >= 4 is 5.91 Å². The van der Waals surface area contributed by atoms with Gasteiger partial charge in [-0.1, -0.05) is 18.2 Å². The molecule has 1 heterocycles. The topological polar surface area (TPSA) is 54.5 Å². The lowest BCUT2D eigenvalue weighted by atomic mass is 10.0. The number of aromatic nitrogens is 1. The molecular weight excluding hydrogens is 321 g/mol. The lowest BCUT2D eigenvalue weighted by Crippen LogP contribution is -2.37. The monoisotopic (exact) mass is 345 g/mol. The number of aryl methyl sites for hydroxylation is 2. The number of carbonyl (C=O) groups is 1. The predicted octanol–water partition coefficient (Wildman–Crippen LogP) is 2.77. The Morgan fingerprint density at radius 1 is 1.32 bits per heavy atom. The van der Waals surface area contributed by atoms with Crippen LogP contribution < -0.4 is 10.1 Å². The smallest absolute Gasteiger partial charge is 0.242 e. The van der Waals surface area contributed by atoms with Gasteiger partial charge in [0.2, 0.25) is 11.8 Å². The van der Waals surface area contributed by atoms with Gasteiger partial charge in [-0.2, -0.15) is 0 Å². The normalized spacial score (nSPS) is 12.1. The minimum absolute atomic E-state index is 0.264. The van der Waals surface area contributed by atoms with Gasteiger partial charge in [0.25, 0.3) is 0 Å². The molecule has 1 atom stereocenters. The first-order valence-electron chi connectivity index (χ1n) is 8.04. The molecule has 0 radical (unpaired) electrons. The molecule has 0 fully saturated rings. The number of carbonyl (C=O) groups excluding carboxylic acids is 1. The molecule has 1 N–H and O–H groups in total. The second kappa shape index (κ2) is 8.07. The molecule has 25 heavy (non-hydrogen) atoms. The first-order chi connectivity index (χ1) is 11.8. The zero-order chi connectivity index (χ0) is 18.6. The van der Waals surface area contributed by atoms with E-state index in [0.717, 1.165) is 16.8 Å². The third-order valence-electron chi connectivity index (χ3n) is 4.03. The van der Waals surface area contributed by atoms with Gasteiger partial charge in [-0.05, 0) is 45.6 Å². The summed E-state index contributed by atoms with van der Waals surface area (Å²) >= 11 is 0. The number of methoxy groups -OCH3 is 1. The van der Waals surface area contributed by atoms with Gasteiger partial charge in [0.1, 0.15) is 11.9 Å². The molecule has 0 saturated carbocycles. The summed E-state index contributed by atoms with van der Waals surface area (Å²) in [6.45, 7) is 4.09. The molecule has 2 aromatic rings. The molecular formula is C19H24FN3O2. The molecule has 1 amide bonds. The molecule has 134 valence electrons. The number of ether oxygens (including phenoxy) is 1. The summed E-state index contributed by atoms with van der Waals surface area (Å²) in [5, 5.41) is 2.87. The first kappa shape index (κ1) is 18.9. The number of likely N-dealkylation sites (N-methyl/N-ethyl adjacent to an activating group) is 1. The van der Waals surface area contributed by atoms with Crippen molar-refractivity contribution in [1.29, 1.82) is 0 Å². The number of hydrogen-bond donors (Lipinski definition) is 1. The van der Waals surface area contributed by atoms with Crippen molar-refractivity contribution in [1.82, 2.24) is 15.2 Å². The van der Waals surface area contributed by atoms with Gasteiger partial charge in [-0.25, -0.2) is 9.37 Å². The molecule has 2 rings (SSSR count). The Balaban J connectivity index is 2.22. The lowest BCUT2D eigenvalue weighted by Gasteiger charge is -2.24. The molecule has 0 unspecified atom stereocenters. The maximum Gasteiger partial charge on any atom is 0.242 e. The average Bonchev–Trinajstić information content (AvgIpc) is 2.55. The Labute approximate surface area is 147 Å². The van der Waals surface area contributed by atoms with Crippen LogP contribution in [-0.4, -0.2) is 37.0 Å². The van der Waals surface area contributed by atoms with Crippen LogP contribution >= 0.6 is 0 Å². The number of hydrogen-bond acceptors (Lipinski definition) is 4. The van der Waals surface area contributed by atoms with E-state index in [1.54, 1.807) is 44.3 Å². The van der Waals surface area contributed by atoms with Crippen LogP contribution in [0.25, 0.3) is 0 Å². The minimum atomic E-state index is -0.717. The highest BCUT2D eigenvalue weighted by Crippen LogP contribution is 2.23. The Hall–Kier alpha value is -2.47. The zero-order valence-corrected chi connectivity index (χ0v) is 15.3. The van der Waals surface area contributed by atoms with E-state index < -0.39 is 11.9 Å². The SMILES string of the molecule is COc1nc(C)cc(C)c1CNC(=O)[C@@H](c1ccccc1F)N(C)C. The molecule has 6 heteroatoms. The zero-order valence-electron chi connectivity index (χ0n) is 15.3. The number of benzene rings is 1. The maximum atomic E-state index is 14.1. The van der Waals surface area contributed by atoms with Gasteiger partial charge in [-0.15, -0.1) is 0 Å². The number of amides is 1. The van der Waals surface area contributed by atoms with Gasteiger partial charge in [0.05, 0.1) is 7.11 Å². The van der Waals surface area contributed by atoms with Crippen molar-refractivity contribution in [2.45, 2.75) is 26.4 Å². The van der Waals surface area contributed by atoms with Gasteiger partial charge in [0, 0.05) is 23.4 Å². The van der Waals surface area contributed by atoms with Gasteiger partial charge in [0.15, 0.2) is 0 Å². The van der Waals surface area contributed by atoms with Gasteiger partial charge in [-0.3, -0.25) is 9.69 Å². The van der Waals surface area contributed by atoms with Crippen LogP contribution in [0, 0.1) is 19.7 Å². The van der Waals surface area contributed by atoms with Gasteiger partial charge >= 0.3 is 0 Å². The Kier molecular flexibility index (Phi) is 6.09. The number of pyridine rings is 1. The second-order valence-corrected chi connectivity index (χ2v) is 6.17. The number of halogens is 1. The van der Waals surface area contributed by atoms with E-state index in [0.29, 0.717) is 11.4 Å². The Bertz CT molecular complexity index is 762. The summed E-state index contributed by atoms with van der Waals surface area (Å²) in [5.74, 6) is -0.190. The fourth-order valence-electron chi connectivity index (χ4n) is 2.84. The van der Waals surface area contributed by atoms with E-state index in [1.807, 2.05) is 19.9 Å². The molecule has 0 aliphatic rings. The minimum Gasteiger partial charge on any atom is -0.481 e. The summed E-state index contributed by atoms with van der Waals surface area (Å²) < 4.78 is 19.4. The third kappa shape index (κ3) is 4.33. The largest absolute Gasteiger partial charge is 0.481 e. The summed E-state index contributed by atoms with van der Waals surface area (Å²) in [6.07, 6.45) is 0. The van der Waals surface area contributed by atoms with Crippen LogP contribution in [0.3, 0.4) is 0 Å². The molecule has 0 saturated heterocycles.